The van der Waals surface area contributed by atoms with E-state index in [1.165, 1.54) is 12.2 Å². The van der Waals surface area contributed by atoms with Crippen LogP contribution in [0.4, 0.5) is 0 Å². The van der Waals surface area contributed by atoms with E-state index < -0.39 is 0 Å². The molecule has 0 aliphatic carbocycles. The number of carbonyl (C=O) groups excluding carboxylic acids is 1. The Labute approximate surface area is 100 Å². The van der Waals surface area contributed by atoms with Crippen molar-refractivity contribution in [3.8, 4) is 0 Å². The Morgan fingerprint density at radius 2 is 2.12 bits per heavy atom. The molecule has 0 radical (unpaired) electrons. The Morgan fingerprint density at radius 1 is 1.41 bits per heavy atom. The highest BCUT2D eigenvalue weighted by Gasteiger charge is 2.12. The second kappa shape index (κ2) is 4.59. The van der Waals surface area contributed by atoms with Gasteiger partial charge in [-0.15, -0.1) is 0 Å². The molecule has 4 heteroatoms. The van der Waals surface area contributed by atoms with E-state index in [4.69, 9.17) is 4.84 Å². The van der Waals surface area contributed by atoms with Crippen LogP contribution >= 0.6 is 0 Å². The van der Waals surface area contributed by atoms with Crippen LogP contribution in [0.15, 0.2) is 30.3 Å². The van der Waals surface area contributed by atoms with E-state index in [0.29, 0.717) is 6.54 Å². The van der Waals surface area contributed by atoms with Crippen LogP contribution in [0, 0.1) is 6.92 Å². The molecule has 1 aromatic heterocycles. The number of hydrogen-bond donors (Lipinski definition) is 0. The zero-order chi connectivity index (χ0) is 12.4. The Bertz CT molecular complexity index is 545. The topological polar surface area (TPSA) is 34.5 Å². The molecule has 1 aromatic carbocycles. The number of hydroxylamine groups is 2. The van der Waals surface area contributed by atoms with Crippen LogP contribution < -0.4 is 0 Å². The van der Waals surface area contributed by atoms with Crippen LogP contribution in [0.5, 0.6) is 0 Å². The van der Waals surface area contributed by atoms with Gasteiger partial charge in [-0.25, -0.2) is 5.06 Å². The number of rotatable bonds is 3. The second-order valence-electron chi connectivity index (χ2n) is 4.00. The fourth-order valence-corrected chi connectivity index (χ4v) is 1.89. The molecule has 1 amide bonds. The molecule has 0 N–H and O–H groups in total. The third-order valence-electron chi connectivity index (χ3n) is 2.94. The van der Waals surface area contributed by atoms with E-state index in [1.54, 1.807) is 7.05 Å². The number of aryl methyl sites for hydroxylation is 1. The predicted octanol–water partition coefficient (Wildman–Crippen LogP) is 1.97. The first-order valence-corrected chi connectivity index (χ1v) is 5.49. The summed E-state index contributed by atoms with van der Waals surface area (Å²) in [5.41, 5.74) is 2.15. The third kappa shape index (κ3) is 2.17. The van der Waals surface area contributed by atoms with Gasteiger partial charge in [0.05, 0.1) is 7.11 Å². The number of para-hydroxylation sites is 1. The molecule has 4 nitrogen and oxygen atoms in total. The lowest BCUT2D eigenvalue weighted by Gasteiger charge is -2.15. The Morgan fingerprint density at radius 3 is 2.82 bits per heavy atom. The summed E-state index contributed by atoms with van der Waals surface area (Å²) in [6.45, 7) is 2.30. The highest BCUT2D eigenvalue weighted by molar-refractivity contribution is 5.84. The zero-order valence-electron chi connectivity index (χ0n) is 10.3. The molecule has 2 rings (SSSR count). The molecule has 0 aliphatic heterocycles. The third-order valence-corrected chi connectivity index (χ3v) is 2.94. The van der Waals surface area contributed by atoms with Crippen molar-refractivity contribution in [3.05, 3.63) is 36.0 Å². The summed E-state index contributed by atoms with van der Waals surface area (Å²) in [7, 11) is 3.10. The zero-order valence-corrected chi connectivity index (χ0v) is 10.3. The fourth-order valence-electron chi connectivity index (χ4n) is 1.89. The molecule has 90 valence electrons. The van der Waals surface area contributed by atoms with Crippen LogP contribution in [-0.2, 0) is 16.2 Å². The molecule has 0 fully saturated rings. The monoisotopic (exact) mass is 232 g/mol. The fraction of sp³-hybridized carbons (Fsp3) is 0.308. The maximum Gasteiger partial charge on any atom is 0.265 e. The number of amides is 1. The van der Waals surface area contributed by atoms with Crippen molar-refractivity contribution < 1.29 is 9.63 Å². The lowest BCUT2D eigenvalue weighted by atomic mass is 10.2. The molecule has 0 aliphatic rings. The number of likely N-dealkylation sites (N-methyl/N-ethyl adjacent to an activating group) is 1. The maximum absolute atomic E-state index is 11.8. The number of benzene rings is 1. The van der Waals surface area contributed by atoms with Gasteiger partial charge >= 0.3 is 0 Å². The van der Waals surface area contributed by atoms with Gasteiger partial charge in [-0.2, -0.15) is 0 Å². The summed E-state index contributed by atoms with van der Waals surface area (Å²) >= 11 is 0. The highest BCUT2D eigenvalue weighted by atomic mass is 16.7. The quantitative estimate of drug-likeness (QED) is 0.758. The van der Waals surface area contributed by atoms with E-state index in [9.17, 15) is 4.79 Å². The maximum atomic E-state index is 11.8. The van der Waals surface area contributed by atoms with Crippen molar-refractivity contribution in [1.82, 2.24) is 9.63 Å². The van der Waals surface area contributed by atoms with Gasteiger partial charge in [-0.05, 0) is 24.4 Å². The number of aromatic nitrogens is 1. The van der Waals surface area contributed by atoms with Gasteiger partial charge in [-0.3, -0.25) is 9.63 Å². The number of nitrogens with zero attached hydrogens (tertiary/aromatic N) is 2. The summed E-state index contributed by atoms with van der Waals surface area (Å²) in [5.74, 6) is -0.0723. The molecule has 0 saturated heterocycles. The molecule has 0 unspecified atom stereocenters. The summed E-state index contributed by atoms with van der Waals surface area (Å²) in [5, 5.41) is 2.40. The summed E-state index contributed by atoms with van der Waals surface area (Å²) < 4.78 is 1.99. The van der Waals surface area contributed by atoms with Crippen LogP contribution in [-0.4, -0.2) is 29.7 Å². The van der Waals surface area contributed by atoms with Crippen LogP contribution in [0.2, 0.25) is 0 Å². The van der Waals surface area contributed by atoms with E-state index in [1.807, 2.05) is 35.8 Å². The van der Waals surface area contributed by atoms with Crippen LogP contribution in [0.3, 0.4) is 0 Å². The van der Waals surface area contributed by atoms with Crippen molar-refractivity contribution in [2.24, 2.45) is 0 Å². The first-order valence-electron chi connectivity index (χ1n) is 5.49. The molecule has 0 spiro atoms. The van der Waals surface area contributed by atoms with E-state index >= 15 is 0 Å². The SMILES string of the molecule is CON(C)C(=O)Cn1c(C)cc2ccccc21. The van der Waals surface area contributed by atoms with Gasteiger partial charge < -0.3 is 4.57 Å². The molecule has 2 aromatic rings. The van der Waals surface area contributed by atoms with E-state index in [2.05, 4.69) is 6.07 Å². The Hall–Kier alpha value is -1.81. The number of carbonyl (C=O) groups is 1. The normalized spacial score (nSPS) is 10.8. The first kappa shape index (κ1) is 11.7. The number of hydrogen-bond acceptors (Lipinski definition) is 2. The minimum absolute atomic E-state index is 0.0723. The highest BCUT2D eigenvalue weighted by Crippen LogP contribution is 2.19. The average Bonchev–Trinajstić information content (AvgIpc) is 2.65. The predicted molar refractivity (Wildman–Crippen MR) is 66.5 cm³/mol. The average molecular weight is 232 g/mol. The van der Waals surface area contributed by atoms with Crippen LogP contribution in [0.25, 0.3) is 10.9 Å². The summed E-state index contributed by atoms with van der Waals surface area (Å²) in [6, 6.07) is 10.1. The van der Waals surface area contributed by atoms with Crippen molar-refractivity contribution >= 4 is 16.8 Å². The minimum atomic E-state index is -0.0723. The molecular weight excluding hydrogens is 216 g/mol. The van der Waals surface area contributed by atoms with Gasteiger partial charge in [0.2, 0.25) is 0 Å². The minimum Gasteiger partial charge on any atom is -0.335 e. The van der Waals surface area contributed by atoms with Gasteiger partial charge in [-0.1, -0.05) is 18.2 Å². The molecule has 0 bridgehead atoms. The summed E-state index contributed by atoms with van der Waals surface area (Å²) in [4.78, 5) is 16.7. The Balaban J connectivity index is 2.35. The van der Waals surface area contributed by atoms with Crippen molar-refractivity contribution in [3.63, 3.8) is 0 Å². The van der Waals surface area contributed by atoms with Crippen molar-refractivity contribution in [2.45, 2.75) is 13.5 Å². The van der Waals surface area contributed by atoms with Crippen molar-refractivity contribution in [2.75, 3.05) is 14.2 Å². The lowest BCUT2D eigenvalue weighted by Crippen LogP contribution is -2.29. The van der Waals surface area contributed by atoms with Crippen LogP contribution in [0.1, 0.15) is 5.69 Å². The molecular formula is C13H16N2O2. The lowest BCUT2D eigenvalue weighted by molar-refractivity contribution is -0.169. The smallest absolute Gasteiger partial charge is 0.265 e. The van der Waals surface area contributed by atoms with Gasteiger partial charge in [0.25, 0.3) is 5.91 Å². The molecule has 0 saturated carbocycles. The van der Waals surface area contributed by atoms with E-state index in [-0.39, 0.29) is 5.91 Å². The van der Waals surface area contributed by atoms with Crippen molar-refractivity contribution in [1.29, 1.82) is 0 Å². The standard InChI is InChI=1S/C13H16N2O2/c1-10-8-11-6-4-5-7-12(11)15(10)9-13(16)14(2)17-3/h4-8H,9H2,1-3H3. The first-order chi connectivity index (χ1) is 8.13. The molecule has 1 heterocycles. The van der Waals surface area contributed by atoms with Gasteiger partial charge in [0.1, 0.15) is 6.54 Å². The summed E-state index contributed by atoms with van der Waals surface area (Å²) in [6.07, 6.45) is 0. The van der Waals surface area contributed by atoms with Gasteiger partial charge in [0, 0.05) is 18.3 Å². The largest absolute Gasteiger partial charge is 0.335 e. The molecule has 17 heavy (non-hydrogen) atoms. The Kier molecular flexibility index (Phi) is 3.15. The second-order valence-corrected chi connectivity index (χ2v) is 4.00. The number of fused-ring (bicyclic) bond motifs is 1. The molecule has 0 atom stereocenters. The van der Waals surface area contributed by atoms with Gasteiger partial charge in [0.15, 0.2) is 0 Å². The van der Waals surface area contributed by atoms with E-state index in [0.717, 1.165) is 16.6 Å².